The molecule has 0 fully saturated rings. The van der Waals surface area contributed by atoms with E-state index in [4.69, 9.17) is 10.5 Å². The third kappa shape index (κ3) is 3.44. The Bertz CT molecular complexity index is 596. The normalized spacial score (nSPS) is 18.0. The molecule has 1 atom stereocenters. The van der Waals surface area contributed by atoms with Gasteiger partial charge in [0, 0.05) is 6.42 Å². The summed E-state index contributed by atoms with van der Waals surface area (Å²) in [4.78, 5) is 23.9. The highest BCUT2D eigenvalue weighted by Crippen LogP contribution is 2.25. The maximum Gasteiger partial charge on any atom is 0.355 e. The van der Waals surface area contributed by atoms with E-state index >= 15 is 0 Å². The van der Waals surface area contributed by atoms with E-state index in [-0.39, 0.29) is 12.1 Å². The number of rotatable bonds is 5. The zero-order valence-corrected chi connectivity index (χ0v) is 13.1. The minimum Gasteiger partial charge on any atom is -0.455 e. The van der Waals surface area contributed by atoms with Crippen molar-refractivity contribution in [3.63, 3.8) is 0 Å². The van der Waals surface area contributed by atoms with Gasteiger partial charge < -0.3 is 10.5 Å². The van der Waals surface area contributed by atoms with Gasteiger partial charge in [0.25, 0.3) is 0 Å². The first-order valence-electron chi connectivity index (χ1n) is 7.28. The van der Waals surface area contributed by atoms with E-state index in [9.17, 15) is 9.59 Å². The third-order valence-corrected chi connectivity index (χ3v) is 3.72. The van der Waals surface area contributed by atoms with Crippen molar-refractivity contribution in [3.8, 4) is 0 Å². The number of primary amides is 1. The highest BCUT2D eigenvalue weighted by atomic mass is 16.6. The summed E-state index contributed by atoms with van der Waals surface area (Å²) in [6, 6.07) is 8.47. The topological polar surface area (TPSA) is 85.0 Å². The van der Waals surface area contributed by atoms with Crippen LogP contribution in [0, 0.1) is 0 Å². The minimum absolute atomic E-state index is 0.156. The molecule has 6 heteroatoms. The highest BCUT2D eigenvalue weighted by molar-refractivity contribution is 6.38. The molecule has 0 aliphatic carbocycles. The fraction of sp³-hybridized carbons (Fsp3) is 0.438. The molecule has 118 valence electrons. The summed E-state index contributed by atoms with van der Waals surface area (Å²) in [5.74, 6) is -1.03. The van der Waals surface area contributed by atoms with Crippen LogP contribution in [0.15, 0.2) is 35.4 Å². The van der Waals surface area contributed by atoms with Gasteiger partial charge in [-0.1, -0.05) is 25.1 Å². The van der Waals surface area contributed by atoms with Crippen LogP contribution in [0.3, 0.4) is 0 Å². The largest absolute Gasteiger partial charge is 0.455 e. The molecule has 0 saturated heterocycles. The minimum atomic E-state index is -0.672. The van der Waals surface area contributed by atoms with Crippen molar-refractivity contribution in [1.82, 2.24) is 0 Å². The number of para-hydroxylation sites is 1. The average Bonchev–Trinajstić information content (AvgIpc) is 2.93. The number of carbonyl (C=O) groups excluding carboxylic acids is 2. The fourth-order valence-corrected chi connectivity index (χ4v) is 2.06. The number of anilines is 1. The molecule has 1 aliphatic rings. The molecule has 1 unspecified atom stereocenters. The van der Waals surface area contributed by atoms with Gasteiger partial charge in [0.2, 0.25) is 5.91 Å². The first-order valence-corrected chi connectivity index (χ1v) is 7.28. The van der Waals surface area contributed by atoms with Gasteiger partial charge in [0.05, 0.1) is 5.69 Å². The first-order chi connectivity index (χ1) is 10.3. The van der Waals surface area contributed by atoms with E-state index in [0.717, 1.165) is 0 Å². The second-order valence-corrected chi connectivity index (χ2v) is 5.85. The van der Waals surface area contributed by atoms with Gasteiger partial charge in [-0.2, -0.15) is 5.10 Å². The van der Waals surface area contributed by atoms with E-state index in [1.807, 2.05) is 51.1 Å². The van der Waals surface area contributed by atoms with Gasteiger partial charge in [-0.25, -0.2) is 4.79 Å². The molecule has 2 N–H and O–H groups in total. The van der Waals surface area contributed by atoms with E-state index in [2.05, 4.69) is 5.10 Å². The van der Waals surface area contributed by atoms with Gasteiger partial charge >= 0.3 is 5.97 Å². The van der Waals surface area contributed by atoms with Gasteiger partial charge in [-0.3, -0.25) is 9.80 Å². The molecule has 1 aliphatic heterocycles. The number of nitrogens with zero attached hydrogens (tertiary/aromatic N) is 2. The van der Waals surface area contributed by atoms with Crippen LogP contribution in [0.2, 0.25) is 0 Å². The number of nitrogens with two attached hydrogens (primary N) is 1. The number of ether oxygens (including phenoxy) is 1. The van der Waals surface area contributed by atoms with E-state index in [1.54, 1.807) is 0 Å². The van der Waals surface area contributed by atoms with E-state index < -0.39 is 23.5 Å². The lowest BCUT2D eigenvalue weighted by molar-refractivity contribution is -0.148. The first kappa shape index (κ1) is 16.0. The second kappa shape index (κ2) is 6.17. The van der Waals surface area contributed by atoms with Crippen molar-refractivity contribution in [3.05, 3.63) is 30.3 Å². The molecular formula is C16H21N3O3. The SMILES string of the molecule is CCC(C)(C)OC(=O)C1=NN(c2ccccc2)C(C(N)=O)C1. The predicted molar refractivity (Wildman–Crippen MR) is 84.4 cm³/mol. The zero-order valence-electron chi connectivity index (χ0n) is 13.1. The lowest BCUT2D eigenvalue weighted by Crippen LogP contribution is -2.39. The fourth-order valence-electron chi connectivity index (χ4n) is 2.06. The van der Waals surface area contributed by atoms with Gasteiger partial charge in [0.15, 0.2) is 0 Å². The third-order valence-electron chi connectivity index (χ3n) is 3.72. The Labute approximate surface area is 129 Å². The lowest BCUT2D eigenvalue weighted by Gasteiger charge is -2.22. The molecule has 0 saturated carbocycles. The van der Waals surface area contributed by atoms with Crippen LogP contribution in [0.4, 0.5) is 5.69 Å². The maximum atomic E-state index is 12.2. The molecule has 2 rings (SSSR count). The standard InChI is InChI=1S/C16H21N3O3/c1-4-16(2,3)22-15(21)12-10-13(14(17)20)19(18-12)11-8-6-5-7-9-11/h5-9,13H,4,10H2,1-3H3,(H2,17,20). The molecule has 1 aromatic carbocycles. The molecule has 22 heavy (non-hydrogen) atoms. The highest BCUT2D eigenvalue weighted by Gasteiger charge is 2.37. The number of carbonyl (C=O) groups is 2. The van der Waals surface area contributed by atoms with Crippen molar-refractivity contribution in [2.45, 2.75) is 45.3 Å². The molecule has 0 spiro atoms. The number of hydrogen-bond donors (Lipinski definition) is 1. The van der Waals surface area contributed by atoms with Crippen molar-refractivity contribution in [2.75, 3.05) is 5.01 Å². The summed E-state index contributed by atoms with van der Waals surface area (Å²) in [5, 5.41) is 5.74. The Balaban J connectivity index is 2.24. The smallest absolute Gasteiger partial charge is 0.355 e. The lowest BCUT2D eigenvalue weighted by atomic mass is 10.1. The number of esters is 1. The Morgan fingerprint density at radius 2 is 2.00 bits per heavy atom. The molecule has 6 nitrogen and oxygen atoms in total. The molecular weight excluding hydrogens is 282 g/mol. The van der Waals surface area contributed by atoms with Crippen molar-refractivity contribution in [2.24, 2.45) is 10.8 Å². The molecule has 1 heterocycles. The van der Waals surface area contributed by atoms with E-state index in [1.165, 1.54) is 5.01 Å². The number of hydrogen-bond acceptors (Lipinski definition) is 5. The molecule has 0 radical (unpaired) electrons. The van der Waals surface area contributed by atoms with Crippen LogP contribution in [0.25, 0.3) is 0 Å². The van der Waals surface area contributed by atoms with Gasteiger partial charge in [-0.15, -0.1) is 0 Å². The van der Waals surface area contributed by atoms with Crippen molar-refractivity contribution in [1.29, 1.82) is 0 Å². The number of hydrazone groups is 1. The number of benzene rings is 1. The summed E-state index contributed by atoms with van der Waals surface area (Å²) < 4.78 is 5.43. The van der Waals surface area contributed by atoms with Crippen molar-refractivity contribution >= 4 is 23.3 Å². The maximum absolute atomic E-state index is 12.2. The summed E-state index contributed by atoms with van der Waals surface area (Å²) in [6.45, 7) is 5.61. The number of amides is 1. The Kier molecular flexibility index (Phi) is 4.49. The average molecular weight is 303 g/mol. The van der Waals surface area contributed by atoms with E-state index in [0.29, 0.717) is 12.1 Å². The van der Waals surface area contributed by atoms with Crippen LogP contribution < -0.4 is 10.7 Å². The molecule has 1 aromatic rings. The second-order valence-electron chi connectivity index (χ2n) is 5.85. The monoisotopic (exact) mass is 303 g/mol. The summed E-state index contributed by atoms with van der Waals surface area (Å²) >= 11 is 0. The van der Waals surface area contributed by atoms with Crippen LogP contribution in [-0.2, 0) is 14.3 Å². The van der Waals surface area contributed by atoms with Crippen LogP contribution in [-0.4, -0.2) is 29.2 Å². The van der Waals surface area contributed by atoms with Crippen LogP contribution in [0.5, 0.6) is 0 Å². The van der Waals surface area contributed by atoms with Crippen LogP contribution >= 0.6 is 0 Å². The Hall–Kier alpha value is -2.37. The zero-order chi connectivity index (χ0) is 16.3. The van der Waals surface area contributed by atoms with Gasteiger partial charge in [-0.05, 0) is 32.4 Å². The predicted octanol–water partition coefficient (Wildman–Crippen LogP) is 1.84. The quantitative estimate of drug-likeness (QED) is 0.841. The molecule has 0 aromatic heterocycles. The Morgan fingerprint density at radius 3 is 2.55 bits per heavy atom. The van der Waals surface area contributed by atoms with Crippen LogP contribution in [0.1, 0.15) is 33.6 Å². The summed E-state index contributed by atoms with van der Waals surface area (Å²) in [5.41, 5.74) is 5.80. The van der Waals surface area contributed by atoms with Gasteiger partial charge in [0.1, 0.15) is 17.4 Å². The molecule has 1 amide bonds. The summed E-state index contributed by atoms with van der Waals surface area (Å²) in [7, 11) is 0. The summed E-state index contributed by atoms with van der Waals surface area (Å²) in [6.07, 6.45) is 0.844. The van der Waals surface area contributed by atoms with Crippen molar-refractivity contribution < 1.29 is 14.3 Å². The Morgan fingerprint density at radius 1 is 1.36 bits per heavy atom. The molecule has 0 bridgehead atoms.